The molecule has 0 saturated carbocycles. The number of aromatic amines is 1. The van der Waals surface area contributed by atoms with Crippen LogP contribution in [0.2, 0.25) is 0 Å². The third-order valence-corrected chi connectivity index (χ3v) is 4.51. The van der Waals surface area contributed by atoms with Gasteiger partial charge in [-0.05, 0) is 58.2 Å². The molecule has 2 rings (SSSR count). The van der Waals surface area contributed by atoms with E-state index in [2.05, 4.69) is 15.6 Å². The van der Waals surface area contributed by atoms with Gasteiger partial charge < -0.3 is 20.4 Å². The van der Waals surface area contributed by atoms with Crippen molar-refractivity contribution in [2.75, 3.05) is 0 Å². The molecule has 1 aromatic heterocycles. The number of aromatic nitrogens is 1. The molecule has 1 atom stereocenters. The number of amides is 2. The third-order valence-electron chi connectivity index (χ3n) is 4.51. The van der Waals surface area contributed by atoms with E-state index in [-0.39, 0.29) is 30.5 Å². The molecule has 0 spiro atoms. The molecule has 0 aliphatic carbocycles. The lowest BCUT2D eigenvalue weighted by molar-refractivity contribution is -0.121. The third kappa shape index (κ3) is 7.39. The van der Waals surface area contributed by atoms with Gasteiger partial charge in [0, 0.05) is 24.2 Å². The fourth-order valence-corrected chi connectivity index (χ4v) is 3.11. The molecule has 0 aliphatic rings. The van der Waals surface area contributed by atoms with Crippen molar-refractivity contribution in [1.29, 1.82) is 0 Å². The molecule has 0 saturated heterocycles. The minimum atomic E-state index is -0.609. The quantitative estimate of drug-likeness (QED) is 0.645. The van der Waals surface area contributed by atoms with Gasteiger partial charge in [0.15, 0.2) is 0 Å². The molecule has 1 unspecified atom stereocenters. The maximum atomic E-state index is 12.4. The molecule has 7 nitrogen and oxygen atoms in total. The molecular weight excluding hydrogens is 382 g/mol. The van der Waals surface area contributed by atoms with E-state index >= 15 is 0 Å². The van der Waals surface area contributed by atoms with Gasteiger partial charge in [-0.25, -0.2) is 4.79 Å². The van der Waals surface area contributed by atoms with Crippen LogP contribution in [0.3, 0.4) is 0 Å². The number of ether oxygens (including phenoxy) is 1. The van der Waals surface area contributed by atoms with Gasteiger partial charge in [0.2, 0.25) is 5.91 Å². The predicted octanol–water partition coefficient (Wildman–Crippen LogP) is 3.65. The summed E-state index contributed by atoms with van der Waals surface area (Å²) in [5, 5.41) is 5.64. The van der Waals surface area contributed by atoms with E-state index in [4.69, 9.17) is 4.74 Å². The summed E-state index contributed by atoms with van der Waals surface area (Å²) in [4.78, 5) is 39.5. The van der Waals surface area contributed by atoms with Crippen molar-refractivity contribution in [3.8, 4) is 0 Å². The number of pyridine rings is 1. The van der Waals surface area contributed by atoms with Crippen LogP contribution in [0, 0.1) is 13.8 Å². The number of carbonyl (C=O) groups excluding carboxylic acids is 2. The molecule has 162 valence electrons. The standard InChI is InChI=1S/C23H31N3O4/c1-15-13-16(2)25-21(28)18(15)14-24-20(27)12-11-19(17-9-7-6-8-10-17)26-22(29)30-23(3,4)5/h6-10,13,19H,11-12,14H2,1-5H3,(H,24,27)(H,25,28)(H,26,29). The molecule has 0 bridgehead atoms. The number of H-pyrrole nitrogens is 1. The minimum absolute atomic E-state index is 0.162. The van der Waals surface area contributed by atoms with E-state index in [1.54, 1.807) is 20.8 Å². The predicted molar refractivity (Wildman–Crippen MR) is 116 cm³/mol. The molecule has 0 fully saturated rings. The monoisotopic (exact) mass is 413 g/mol. The topological polar surface area (TPSA) is 100 Å². The number of hydrogen-bond acceptors (Lipinski definition) is 4. The highest BCUT2D eigenvalue weighted by molar-refractivity contribution is 5.76. The molecular formula is C23H31N3O4. The van der Waals surface area contributed by atoms with Crippen molar-refractivity contribution in [3.05, 3.63) is 69.1 Å². The van der Waals surface area contributed by atoms with Gasteiger partial charge in [-0.3, -0.25) is 9.59 Å². The number of nitrogens with one attached hydrogen (secondary N) is 3. The second-order valence-corrected chi connectivity index (χ2v) is 8.37. The summed E-state index contributed by atoms with van der Waals surface area (Å²) in [6.45, 7) is 9.22. The largest absolute Gasteiger partial charge is 0.444 e. The van der Waals surface area contributed by atoms with Gasteiger partial charge in [-0.1, -0.05) is 30.3 Å². The Kier molecular flexibility index (Phi) is 7.80. The van der Waals surface area contributed by atoms with Gasteiger partial charge in [0.1, 0.15) is 5.60 Å². The van der Waals surface area contributed by atoms with Crippen LogP contribution in [0.1, 0.15) is 62.0 Å². The number of benzene rings is 1. The minimum Gasteiger partial charge on any atom is -0.444 e. The van der Waals surface area contributed by atoms with Gasteiger partial charge in [0.25, 0.3) is 5.56 Å². The maximum absolute atomic E-state index is 12.4. The highest BCUT2D eigenvalue weighted by atomic mass is 16.6. The summed E-state index contributed by atoms with van der Waals surface area (Å²) in [6.07, 6.45) is 0.0647. The van der Waals surface area contributed by atoms with E-state index in [1.165, 1.54) is 0 Å². The summed E-state index contributed by atoms with van der Waals surface area (Å²) >= 11 is 0. The molecule has 0 radical (unpaired) electrons. The number of hydrogen-bond donors (Lipinski definition) is 3. The summed E-state index contributed by atoms with van der Waals surface area (Å²) in [5.41, 5.74) is 2.25. The Balaban J connectivity index is 1.98. The lowest BCUT2D eigenvalue weighted by Gasteiger charge is -2.24. The van der Waals surface area contributed by atoms with E-state index in [0.29, 0.717) is 12.0 Å². The number of alkyl carbamates (subject to hydrolysis) is 1. The zero-order chi connectivity index (χ0) is 22.3. The second kappa shape index (κ2) is 10.1. The van der Waals surface area contributed by atoms with Crippen LogP contribution in [0.15, 0.2) is 41.2 Å². The summed E-state index contributed by atoms with van der Waals surface area (Å²) in [7, 11) is 0. The van der Waals surface area contributed by atoms with Crippen molar-refractivity contribution in [3.63, 3.8) is 0 Å². The van der Waals surface area contributed by atoms with Crippen LogP contribution in [0.4, 0.5) is 4.79 Å². The number of rotatable bonds is 7. The first-order valence-corrected chi connectivity index (χ1v) is 10.1. The van der Waals surface area contributed by atoms with Crippen LogP contribution in [-0.4, -0.2) is 22.6 Å². The first-order valence-electron chi connectivity index (χ1n) is 10.1. The van der Waals surface area contributed by atoms with Crippen LogP contribution in [0.5, 0.6) is 0 Å². The Labute approximate surface area is 177 Å². The summed E-state index contributed by atoms with van der Waals surface area (Å²) in [5.74, 6) is -0.193. The Hall–Kier alpha value is -3.09. The molecule has 0 aliphatic heterocycles. The van der Waals surface area contributed by atoms with Crippen molar-refractivity contribution in [2.45, 2.75) is 65.6 Å². The van der Waals surface area contributed by atoms with Crippen LogP contribution < -0.4 is 16.2 Å². The molecule has 2 aromatic rings. The van der Waals surface area contributed by atoms with Gasteiger partial charge >= 0.3 is 6.09 Å². The lowest BCUT2D eigenvalue weighted by Crippen LogP contribution is -2.35. The van der Waals surface area contributed by atoms with Crippen molar-refractivity contribution >= 4 is 12.0 Å². The zero-order valence-electron chi connectivity index (χ0n) is 18.3. The van der Waals surface area contributed by atoms with Crippen molar-refractivity contribution in [2.24, 2.45) is 0 Å². The van der Waals surface area contributed by atoms with Gasteiger partial charge in [-0.2, -0.15) is 0 Å². The Morgan fingerprint density at radius 1 is 1.13 bits per heavy atom. The second-order valence-electron chi connectivity index (χ2n) is 8.37. The Morgan fingerprint density at radius 2 is 1.80 bits per heavy atom. The van der Waals surface area contributed by atoms with Crippen LogP contribution in [-0.2, 0) is 16.1 Å². The maximum Gasteiger partial charge on any atom is 0.408 e. The van der Waals surface area contributed by atoms with Crippen LogP contribution >= 0.6 is 0 Å². The SMILES string of the molecule is Cc1cc(C)c(CNC(=O)CCC(NC(=O)OC(C)(C)C)c2ccccc2)c(=O)[nH]1. The van der Waals surface area contributed by atoms with E-state index in [9.17, 15) is 14.4 Å². The summed E-state index contributed by atoms with van der Waals surface area (Å²) in [6, 6.07) is 11.0. The fourth-order valence-electron chi connectivity index (χ4n) is 3.11. The van der Waals surface area contributed by atoms with Crippen molar-refractivity contribution < 1.29 is 14.3 Å². The highest BCUT2D eigenvalue weighted by Crippen LogP contribution is 2.19. The van der Waals surface area contributed by atoms with E-state index in [0.717, 1.165) is 16.8 Å². The first-order chi connectivity index (χ1) is 14.0. The lowest BCUT2D eigenvalue weighted by atomic mass is 10.0. The Morgan fingerprint density at radius 3 is 2.40 bits per heavy atom. The molecule has 30 heavy (non-hydrogen) atoms. The molecule has 7 heteroatoms. The molecule has 3 N–H and O–H groups in total. The van der Waals surface area contributed by atoms with Crippen LogP contribution in [0.25, 0.3) is 0 Å². The normalized spacial score (nSPS) is 12.2. The first kappa shape index (κ1) is 23.2. The Bertz CT molecular complexity index is 930. The smallest absolute Gasteiger partial charge is 0.408 e. The van der Waals surface area contributed by atoms with E-state index in [1.807, 2.05) is 50.2 Å². The number of carbonyl (C=O) groups is 2. The van der Waals surface area contributed by atoms with Gasteiger partial charge in [-0.15, -0.1) is 0 Å². The summed E-state index contributed by atoms with van der Waals surface area (Å²) < 4.78 is 5.35. The molecule has 1 aromatic carbocycles. The molecule has 1 heterocycles. The fraction of sp³-hybridized carbons (Fsp3) is 0.435. The van der Waals surface area contributed by atoms with Crippen molar-refractivity contribution in [1.82, 2.24) is 15.6 Å². The zero-order valence-corrected chi connectivity index (χ0v) is 18.3. The molecule has 2 amide bonds. The number of aryl methyl sites for hydroxylation is 2. The average molecular weight is 414 g/mol. The van der Waals surface area contributed by atoms with E-state index < -0.39 is 11.7 Å². The highest BCUT2D eigenvalue weighted by Gasteiger charge is 2.21. The van der Waals surface area contributed by atoms with Gasteiger partial charge in [0.05, 0.1) is 6.04 Å². The average Bonchev–Trinajstić information content (AvgIpc) is 2.63.